The molecule has 2 heterocycles. The summed E-state index contributed by atoms with van der Waals surface area (Å²) in [5.41, 5.74) is 3.89. The molecular formula is C22H23N3O3. The summed E-state index contributed by atoms with van der Waals surface area (Å²) < 4.78 is 0. The van der Waals surface area contributed by atoms with E-state index in [-0.39, 0.29) is 17.6 Å². The van der Waals surface area contributed by atoms with E-state index in [1.807, 2.05) is 31.1 Å². The molecule has 2 aromatic carbocycles. The van der Waals surface area contributed by atoms with Gasteiger partial charge in [-0.25, -0.2) is 0 Å². The number of aromatic hydroxyl groups is 1. The smallest absolute Gasteiger partial charge is 0.262 e. The first-order valence-electron chi connectivity index (χ1n) is 9.78. The molecule has 0 saturated heterocycles. The zero-order valence-electron chi connectivity index (χ0n) is 16.1. The molecule has 3 aromatic rings. The average Bonchev–Trinajstić information content (AvgIpc) is 3.08. The molecule has 28 heavy (non-hydrogen) atoms. The highest BCUT2D eigenvalue weighted by atomic mass is 16.3. The van der Waals surface area contributed by atoms with Crippen molar-refractivity contribution in [3.05, 3.63) is 41.0 Å². The van der Waals surface area contributed by atoms with Crippen molar-refractivity contribution in [3.63, 3.8) is 0 Å². The molecule has 0 unspecified atom stereocenters. The summed E-state index contributed by atoms with van der Waals surface area (Å²) in [4.78, 5) is 33.1. The number of phenolic OH excluding ortho intramolecular Hbond substituents is 1. The van der Waals surface area contributed by atoms with Crippen LogP contribution in [0.3, 0.4) is 0 Å². The number of fused-ring (bicyclic) bond motifs is 5. The second kappa shape index (κ2) is 6.07. The molecule has 0 atom stereocenters. The minimum atomic E-state index is -0.240. The van der Waals surface area contributed by atoms with Gasteiger partial charge in [-0.2, -0.15) is 0 Å². The third kappa shape index (κ3) is 2.37. The highest BCUT2D eigenvalue weighted by Crippen LogP contribution is 2.45. The number of likely N-dealkylation sites (N-methyl/N-ethyl adjacent to an activating group) is 1. The molecule has 1 fully saturated rings. The summed E-state index contributed by atoms with van der Waals surface area (Å²) in [5, 5.41) is 11.6. The first-order chi connectivity index (χ1) is 13.5. The fourth-order valence-electron chi connectivity index (χ4n) is 4.40. The Labute approximate surface area is 162 Å². The fraction of sp³-hybridized carbons (Fsp3) is 0.364. The van der Waals surface area contributed by atoms with Gasteiger partial charge in [-0.05, 0) is 62.7 Å². The molecule has 0 bridgehead atoms. The summed E-state index contributed by atoms with van der Waals surface area (Å²) in [7, 11) is 3.85. The van der Waals surface area contributed by atoms with Crippen LogP contribution in [0.4, 0.5) is 0 Å². The predicted octanol–water partition coefficient (Wildman–Crippen LogP) is 3.45. The zero-order valence-corrected chi connectivity index (χ0v) is 16.1. The van der Waals surface area contributed by atoms with Crippen LogP contribution in [-0.4, -0.2) is 58.9 Å². The first kappa shape index (κ1) is 17.3. The van der Waals surface area contributed by atoms with Gasteiger partial charge in [-0.3, -0.25) is 14.5 Å². The second-order valence-electron chi connectivity index (χ2n) is 8.19. The number of H-pyrrole nitrogens is 1. The minimum Gasteiger partial charge on any atom is -0.508 e. The average molecular weight is 377 g/mol. The molecule has 1 aliphatic carbocycles. The van der Waals surface area contributed by atoms with Crippen LogP contribution in [0.5, 0.6) is 5.75 Å². The molecule has 5 rings (SSSR count). The molecule has 6 heteroatoms. The number of hydrogen-bond acceptors (Lipinski definition) is 4. The quantitative estimate of drug-likeness (QED) is 0.683. The van der Waals surface area contributed by atoms with Gasteiger partial charge in [0.1, 0.15) is 5.75 Å². The molecular weight excluding hydrogens is 354 g/mol. The summed E-state index contributed by atoms with van der Waals surface area (Å²) in [6, 6.07) is 7.08. The molecule has 2 amide bonds. The third-order valence-electron chi connectivity index (χ3n) is 6.14. The second-order valence-corrected chi connectivity index (χ2v) is 8.19. The van der Waals surface area contributed by atoms with E-state index < -0.39 is 0 Å². The molecule has 1 aromatic heterocycles. The minimum absolute atomic E-state index is 0.150. The van der Waals surface area contributed by atoms with Gasteiger partial charge in [-0.1, -0.05) is 6.42 Å². The number of phenols is 1. The number of rotatable bonds is 4. The maximum atomic E-state index is 13.2. The van der Waals surface area contributed by atoms with Crippen molar-refractivity contribution in [2.45, 2.75) is 25.2 Å². The fourth-order valence-corrected chi connectivity index (χ4v) is 4.40. The number of carbonyl (C=O) groups excluding carboxylic acids is 2. The van der Waals surface area contributed by atoms with E-state index in [0.717, 1.165) is 40.2 Å². The zero-order chi connectivity index (χ0) is 19.6. The van der Waals surface area contributed by atoms with Crippen LogP contribution >= 0.6 is 0 Å². The molecule has 0 spiro atoms. The Hall–Kier alpha value is -2.86. The first-order valence-corrected chi connectivity index (χ1v) is 9.78. The van der Waals surface area contributed by atoms with Gasteiger partial charge in [0.25, 0.3) is 11.8 Å². The highest BCUT2D eigenvalue weighted by Gasteiger charge is 2.39. The van der Waals surface area contributed by atoms with Crippen LogP contribution < -0.4 is 0 Å². The van der Waals surface area contributed by atoms with Crippen LogP contribution in [0.2, 0.25) is 0 Å². The highest BCUT2D eigenvalue weighted by molar-refractivity contribution is 6.30. The Kier molecular flexibility index (Phi) is 3.74. The van der Waals surface area contributed by atoms with Gasteiger partial charge in [0, 0.05) is 29.4 Å². The number of nitrogens with zero attached hydrogens (tertiary/aromatic N) is 2. The van der Waals surface area contributed by atoms with Gasteiger partial charge < -0.3 is 15.0 Å². The Bertz CT molecular complexity index is 1140. The monoisotopic (exact) mass is 377 g/mol. The van der Waals surface area contributed by atoms with Crippen molar-refractivity contribution in [2.24, 2.45) is 0 Å². The molecule has 2 N–H and O–H groups in total. The molecule has 6 nitrogen and oxygen atoms in total. The number of amides is 2. The van der Waals surface area contributed by atoms with Crippen LogP contribution in [-0.2, 0) is 0 Å². The number of aromatic amines is 1. The summed E-state index contributed by atoms with van der Waals surface area (Å²) in [5.74, 6) is 0.112. The standard InChI is InChI=1S/C22H23N3O3/c1-24(2)8-9-25-21(27)16-11-14(12-4-3-5-12)20-18(19(16)22(25)28)15-10-13(26)6-7-17(15)23-20/h6-7,10-12,23,26H,3-5,8-9H2,1-2H3. The number of benzene rings is 2. The van der Waals surface area contributed by atoms with E-state index in [1.165, 1.54) is 11.3 Å². The maximum absolute atomic E-state index is 13.2. The Morgan fingerprint density at radius 3 is 2.64 bits per heavy atom. The summed E-state index contributed by atoms with van der Waals surface area (Å²) >= 11 is 0. The van der Waals surface area contributed by atoms with Gasteiger partial charge in [-0.15, -0.1) is 0 Å². The van der Waals surface area contributed by atoms with Crippen molar-refractivity contribution in [1.29, 1.82) is 0 Å². The van der Waals surface area contributed by atoms with Gasteiger partial charge in [0.2, 0.25) is 0 Å². The van der Waals surface area contributed by atoms with Crippen molar-refractivity contribution in [3.8, 4) is 5.75 Å². The Morgan fingerprint density at radius 1 is 1.18 bits per heavy atom. The SMILES string of the molecule is CN(C)CCN1C(=O)c2cc(C3CCC3)c3[nH]c4ccc(O)cc4c3c2C1=O. The molecule has 144 valence electrons. The van der Waals surface area contributed by atoms with Crippen molar-refractivity contribution >= 4 is 33.6 Å². The van der Waals surface area contributed by atoms with Crippen LogP contribution in [0, 0.1) is 0 Å². The summed E-state index contributed by atoms with van der Waals surface area (Å²) in [6.45, 7) is 0.992. The van der Waals surface area contributed by atoms with Gasteiger partial charge >= 0.3 is 0 Å². The predicted molar refractivity (Wildman–Crippen MR) is 108 cm³/mol. The lowest BCUT2D eigenvalue weighted by Crippen LogP contribution is -2.35. The largest absolute Gasteiger partial charge is 0.508 e. The Balaban J connectivity index is 1.78. The summed E-state index contributed by atoms with van der Waals surface area (Å²) in [6.07, 6.45) is 3.38. The van der Waals surface area contributed by atoms with Crippen LogP contribution in [0.1, 0.15) is 51.5 Å². The third-order valence-corrected chi connectivity index (χ3v) is 6.14. The lowest BCUT2D eigenvalue weighted by atomic mass is 9.78. The van der Waals surface area contributed by atoms with E-state index >= 15 is 0 Å². The molecule has 0 radical (unpaired) electrons. The van der Waals surface area contributed by atoms with E-state index in [2.05, 4.69) is 4.98 Å². The number of imide groups is 1. The van der Waals surface area contributed by atoms with E-state index in [9.17, 15) is 14.7 Å². The lowest BCUT2D eigenvalue weighted by Gasteiger charge is -2.26. The van der Waals surface area contributed by atoms with Crippen molar-refractivity contribution in [1.82, 2.24) is 14.8 Å². The molecule has 2 aliphatic rings. The normalized spacial score (nSPS) is 17.2. The van der Waals surface area contributed by atoms with E-state index in [0.29, 0.717) is 30.1 Å². The number of hydrogen-bond donors (Lipinski definition) is 2. The van der Waals surface area contributed by atoms with E-state index in [1.54, 1.807) is 12.1 Å². The van der Waals surface area contributed by atoms with Crippen LogP contribution in [0.25, 0.3) is 21.8 Å². The van der Waals surface area contributed by atoms with Gasteiger partial charge in [0.05, 0.1) is 16.6 Å². The van der Waals surface area contributed by atoms with E-state index in [4.69, 9.17) is 0 Å². The Morgan fingerprint density at radius 2 is 1.96 bits per heavy atom. The van der Waals surface area contributed by atoms with Crippen LogP contribution in [0.15, 0.2) is 24.3 Å². The van der Waals surface area contributed by atoms with Crippen molar-refractivity contribution < 1.29 is 14.7 Å². The molecule has 1 aliphatic heterocycles. The molecule has 1 saturated carbocycles. The van der Waals surface area contributed by atoms with Crippen molar-refractivity contribution in [2.75, 3.05) is 27.2 Å². The van der Waals surface area contributed by atoms with Gasteiger partial charge in [0.15, 0.2) is 0 Å². The number of aromatic nitrogens is 1. The lowest BCUT2D eigenvalue weighted by molar-refractivity contribution is 0.0645. The maximum Gasteiger partial charge on any atom is 0.262 e. The number of nitrogens with one attached hydrogen (secondary N) is 1. The topological polar surface area (TPSA) is 76.6 Å². The number of carbonyl (C=O) groups is 2.